The van der Waals surface area contributed by atoms with Crippen molar-refractivity contribution >= 4 is 40.8 Å². The summed E-state index contributed by atoms with van der Waals surface area (Å²) >= 11 is 7.51. The Hall–Kier alpha value is -3.78. The fourth-order valence-corrected chi connectivity index (χ4v) is 3.81. The molecule has 0 bridgehead atoms. The zero-order chi connectivity index (χ0) is 22.7. The molecule has 15 heteroatoms. The molecule has 0 aliphatic rings. The van der Waals surface area contributed by atoms with E-state index in [4.69, 9.17) is 17.3 Å². The number of halogens is 1. The van der Waals surface area contributed by atoms with Crippen molar-refractivity contribution in [3.8, 4) is 5.82 Å². The van der Waals surface area contributed by atoms with Crippen molar-refractivity contribution < 1.29 is 9.42 Å². The lowest BCUT2D eigenvalue weighted by Crippen LogP contribution is -2.21. The molecule has 4 aromatic rings. The summed E-state index contributed by atoms with van der Waals surface area (Å²) in [5, 5.41) is 28.4. The minimum Gasteiger partial charge on any atom is -0.378 e. The molecular formula is C17H16ClN11O2S. The van der Waals surface area contributed by atoms with E-state index in [1.165, 1.54) is 16.4 Å². The van der Waals surface area contributed by atoms with Crippen LogP contribution < -0.4 is 11.2 Å². The quantitative estimate of drug-likeness (QED) is 0.227. The molecule has 0 atom stereocenters. The van der Waals surface area contributed by atoms with Crippen LogP contribution in [0.2, 0.25) is 5.02 Å². The summed E-state index contributed by atoms with van der Waals surface area (Å²) in [6.45, 7) is 1.73. The summed E-state index contributed by atoms with van der Waals surface area (Å²) < 4.78 is 7.68. The van der Waals surface area contributed by atoms with E-state index in [1.807, 2.05) is 12.1 Å². The van der Waals surface area contributed by atoms with Gasteiger partial charge >= 0.3 is 0 Å². The van der Waals surface area contributed by atoms with Gasteiger partial charge in [0.25, 0.3) is 5.91 Å². The first-order valence-electron chi connectivity index (χ1n) is 9.05. The second kappa shape index (κ2) is 9.15. The Morgan fingerprint density at radius 1 is 1.31 bits per heavy atom. The number of hydrogen-bond donors (Lipinski definition) is 2. The number of thioether (sulfide) groups is 1. The number of aryl methyl sites for hydroxylation is 1. The van der Waals surface area contributed by atoms with Crippen LogP contribution in [0, 0.1) is 0 Å². The maximum atomic E-state index is 12.9. The third kappa shape index (κ3) is 4.31. The Bertz CT molecular complexity index is 1300. The summed E-state index contributed by atoms with van der Waals surface area (Å²) in [5.41, 5.74) is 9.91. The molecule has 1 aromatic carbocycles. The number of hydrogen-bond acceptors (Lipinski definition) is 11. The summed E-state index contributed by atoms with van der Waals surface area (Å²) in [4.78, 5) is 12.9. The molecule has 3 N–H and O–H groups in total. The van der Waals surface area contributed by atoms with Crippen molar-refractivity contribution in [3.05, 3.63) is 52.6 Å². The van der Waals surface area contributed by atoms with Gasteiger partial charge in [0.1, 0.15) is 6.33 Å². The minimum atomic E-state index is -0.578. The van der Waals surface area contributed by atoms with Gasteiger partial charge in [-0.15, -0.1) is 15.3 Å². The molecule has 4 rings (SSSR count). The Balaban J connectivity index is 1.62. The summed E-state index contributed by atoms with van der Waals surface area (Å²) in [6.07, 6.45) is 1.57. The molecular weight excluding hydrogens is 458 g/mol. The van der Waals surface area contributed by atoms with Crippen molar-refractivity contribution in [2.45, 2.75) is 17.8 Å². The van der Waals surface area contributed by atoms with Gasteiger partial charge in [0.05, 0.1) is 11.4 Å². The average Bonchev–Trinajstić information content (AvgIpc) is 3.50. The number of nitrogen functional groups attached to an aromatic ring is 1. The molecule has 32 heavy (non-hydrogen) atoms. The number of rotatable bonds is 7. The van der Waals surface area contributed by atoms with Crippen molar-refractivity contribution in [2.24, 2.45) is 12.1 Å². The molecule has 0 aliphatic carbocycles. The normalized spacial score (nSPS) is 11.7. The fraction of sp³-hybridized carbons (Fsp3) is 0.176. The number of nitrogens with two attached hydrogens (primary N) is 1. The van der Waals surface area contributed by atoms with Gasteiger partial charge in [0, 0.05) is 23.4 Å². The maximum Gasteiger partial charge on any atom is 0.293 e. The van der Waals surface area contributed by atoms with Crippen LogP contribution in [0.15, 0.2) is 45.5 Å². The topological polar surface area (TPSA) is 168 Å². The van der Waals surface area contributed by atoms with Gasteiger partial charge in [0.15, 0.2) is 10.9 Å². The zero-order valence-corrected chi connectivity index (χ0v) is 18.4. The van der Waals surface area contributed by atoms with E-state index < -0.39 is 5.91 Å². The number of nitrogens with one attached hydrogen (secondary N) is 1. The van der Waals surface area contributed by atoms with Crippen molar-refractivity contribution in [3.63, 3.8) is 0 Å². The van der Waals surface area contributed by atoms with Gasteiger partial charge in [0.2, 0.25) is 11.6 Å². The lowest BCUT2D eigenvalue weighted by Gasteiger charge is -2.06. The highest BCUT2D eigenvalue weighted by Gasteiger charge is 2.24. The third-order valence-corrected chi connectivity index (χ3v) is 5.65. The largest absolute Gasteiger partial charge is 0.378 e. The monoisotopic (exact) mass is 473 g/mol. The number of nitrogens with zero attached hydrogens (tertiary/aromatic N) is 9. The molecule has 0 fully saturated rings. The van der Waals surface area contributed by atoms with E-state index in [-0.39, 0.29) is 23.1 Å². The SMILES string of the molecule is C/C(=N\NC(=O)c1nnn(-c2nonc2N)c1CSc1nncn1C)c1ccccc1Cl. The first-order valence-corrected chi connectivity index (χ1v) is 10.4. The molecule has 164 valence electrons. The number of anilines is 1. The second-order valence-electron chi connectivity index (χ2n) is 6.40. The molecule has 13 nitrogen and oxygen atoms in total. The van der Waals surface area contributed by atoms with Crippen LogP contribution in [0.25, 0.3) is 5.82 Å². The number of hydrazone groups is 1. The van der Waals surface area contributed by atoms with Gasteiger partial charge in [-0.05, 0) is 23.3 Å². The molecule has 3 aromatic heterocycles. The van der Waals surface area contributed by atoms with E-state index in [9.17, 15) is 4.79 Å². The Morgan fingerprint density at radius 3 is 2.81 bits per heavy atom. The fourth-order valence-electron chi connectivity index (χ4n) is 2.65. The summed E-state index contributed by atoms with van der Waals surface area (Å²) in [6, 6.07) is 7.17. The van der Waals surface area contributed by atoms with Gasteiger partial charge < -0.3 is 10.3 Å². The third-order valence-electron chi connectivity index (χ3n) is 4.27. The van der Waals surface area contributed by atoms with Crippen LogP contribution in [0.3, 0.4) is 0 Å². The van der Waals surface area contributed by atoms with Crippen LogP contribution >= 0.6 is 23.4 Å². The molecule has 3 heterocycles. The zero-order valence-electron chi connectivity index (χ0n) is 16.8. The lowest BCUT2D eigenvalue weighted by atomic mass is 10.1. The standard InChI is InChI=1S/C17H16ClN11O2S/c1-9(10-5-3-4-6-11(10)18)21-23-16(30)13-12(7-32-17-24-20-8-28(17)2)29(27-22-13)15-14(19)25-31-26-15/h3-6,8H,7H2,1-2H3,(H2,19,25)(H,23,30)/b21-9+. The summed E-state index contributed by atoms with van der Waals surface area (Å²) in [7, 11) is 1.80. The Kier molecular flexibility index (Phi) is 6.13. The molecule has 0 saturated heterocycles. The van der Waals surface area contributed by atoms with E-state index in [1.54, 1.807) is 37.0 Å². The van der Waals surface area contributed by atoms with Crippen LogP contribution in [-0.2, 0) is 12.8 Å². The highest BCUT2D eigenvalue weighted by atomic mass is 35.5. The predicted octanol–water partition coefficient (Wildman–Crippen LogP) is 1.46. The first kappa shape index (κ1) is 21.5. The average molecular weight is 474 g/mol. The number of carbonyl (C=O) groups excluding carboxylic acids is 1. The minimum absolute atomic E-state index is 0.000601. The predicted molar refractivity (Wildman–Crippen MR) is 115 cm³/mol. The van der Waals surface area contributed by atoms with Gasteiger partial charge in [-0.3, -0.25) is 4.79 Å². The smallest absolute Gasteiger partial charge is 0.293 e. The second-order valence-corrected chi connectivity index (χ2v) is 7.75. The number of aromatic nitrogens is 8. The summed E-state index contributed by atoms with van der Waals surface area (Å²) in [5.74, 6) is -0.214. The molecule has 0 aliphatic heterocycles. The number of amides is 1. The van der Waals surface area contributed by atoms with Crippen molar-refractivity contribution in [2.75, 3.05) is 5.73 Å². The van der Waals surface area contributed by atoms with Crippen LogP contribution in [0.4, 0.5) is 5.82 Å². The van der Waals surface area contributed by atoms with E-state index in [2.05, 4.69) is 46.0 Å². The molecule has 0 saturated carbocycles. The Morgan fingerprint density at radius 2 is 2.12 bits per heavy atom. The highest BCUT2D eigenvalue weighted by Crippen LogP contribution is 2.24. The van der Waals surface area contributed by atoms with Crippen molar-refractivity contribution in [1.29, 1.82) is 0 Å². The van der Waals surface area contributed by atoms with E-state index >= 15 is 0 Å². The van der Waals surface area contributed by atoms with E-state index in [0.29, 0.717) is 27.1 Å². The highest BCUT2D eigenvalue weighted by molar-refractivity contribution is 7.98. The van der Waals surface area contributed by atoms with Crippen LogP contribution in [0.5, 0.6) is 0 Å². The number of carbonyl (C=O) groups is 1. The molecule has 0 unspecified atom stereocenters. The molecule has 0 radical (unpaired) electrons. The van der Waals surface area contributed by atoms with E-state index in [0.717, 1.165) is 0 Å². The Labute approximate surface area is 190 Å². The number of benzene rings is 1. The molecule has 1 amide bonds. The lowest BCUT2D eigenvalue weighted by molar-refractivity contribution is 0.0949. The van der Waals surface area contributed by atoms with Crippen molar-refractivity contribution in [1.82, 2.24) is 45.5 Å². The van der Waals surface area contributed by atoms with Crippen LogP contribution in [-0.4, -0.2) is 51.7 Å². The maximum absolute atomic E-state index is 12.9. The van der Waals surface area contributed by atoms with Gasteiger partial charge in [-0.1, -0.05) is 46.8 Å². The molecule has 0 spiro atoms. The van der Waals surface area contributed by atoms with Crippen LogP contribution in [0.1, 0.15) is 28.7 Å². The van der Waals surface area contributed by atoms with Gasteiger partial charge in [-0.2, -0.15) is 9.78 Å². The first-order chi connectivity index (χ1) is 15.5. The van der Waals surface area contributed by atoms with Gasteiger partial charge in [-0.25, -0.2) is 10.1 Å².